The lowest BCUT2D eigenvalue weighted by atomic mass is 10.1. The fourth-order valence-corrected chi connectivity index (χ4v) is 3.30. The number of nitrogens with one attached hydrogen (secondary N) is 1. The molecule has 0 aliphatic carbocycles. The molecule has 0 saturated carbocycles. The predicted molar refractivity (Wildman–Crippen MR) is 91.3 cm³/mol. The number of pyridine rings is 1. The van der Waals surface area contributed by atoms with Crippen molar-refractivity contribution < 1.29 is 0 Å². The topological polar surface area (TPSA) is 49.0 Å². The van der Waals surface area contributed by atoms with E-state index in [9.17, 15) is 4.79 Å². The number of thiazole rings is 1. The van der Waals surface area contributed by atoms with Crippen LogP contribution in [0.25, 0.3) is 10.9 Å². The van der Waals surface area contributed by atoms with Gasteiger partial charge in [-0.3, -0.25) is 14.7 Å². The van der Waals surface area contributed by atoms with Crippen LogP contribution in [-0.4, -0.2) is 21.9 Å². The van der Waals surface area contributed by atoms with E-state index in [0.29, 0.717) is 6.54 Å². The molecule has 3 rings (SSSR count). The monoisotopic (exact) mass is 313 g/mol. The van der Waals surface area contributed by atoms with Gasteiger partial charge in [-0.15, -0.1) is 11.3 Å². The maximum atomic E-state index is 12.3. The van der Waals surface area contributed by atoms with Gasteiger partial charge < -0.3 is 4.98 Å². The molecule has 0 spiro atoms. The van der Waals surface area contributed by atoms with E-state index in [-0.39, 0.29) is 11.5 Å². The molecule has 0 fully saturated rings. The largest absolute Gasteiger partial charge is 0.357 e. The van der Waals surface area contributed by atoms with Gasteiger partial charge in [-0.25, -0.2) is 0 Å². The zero-order valence-electron chi connectivity index (χ0n) is 13.0. The third kappa shape index (κ3) is 2.96. The van der Waals surface area contributed by atoms with Crippen molar-refractivity contribution in [2.75, 3.05) is 7.05 Å². The molecule has 3 aromatic rings. The molecule has 0 radical (unpaired) electrons. The average molecular weight is 313 g/mol. The molecule has 22 heavy (non-hydrogen) atoms. The van der Waals surface area contributed by atoms with Gasteiger partial charge in [-0.05, 0) is 33.0 Å². The first-order chi connectivity index (χ1) is 10.5. The molecule has 0 amide bonds. The van der Waals surface area contributed by atoms with Crippen LogP contribution in [0.3, 0.4) is 0 Å². The molecule has 114 valence electrons. The van der Waals surface area contributed by atoms with Crippen molar-refractivity contribution in [2.45, 2.75) is 26.4 Å². The summed E-state index contributed by atoms with van der Waals surface area (Å²) in [7, 11) is 2.06. The molecule has 1 unspecified atom stereocenters. The minimum absolute atomic E-state index is 0.0753. The SMILES string of the molecule is Cc1ccc2[nH]c(CN(C)C(C)c3cncs3)cc(=O)c2c1. The van der Waals surface area contributed by atoms with E-state index in [1.165, 1.54) is 4.88 Å². The normalized spacial score (nSPS) is 12.9. The molecular weight excluding hydrogens is 294 g/mol. The highest BCUT2D eigenvalue weighted by molar-refractivity contribution is 7.09. The summed E-state index contributed by atoms with van der Waals surface area (Å²) in [6, 6.07) is 7.90. The summed E-state index contributed by atoms with van der Waals surface area (Å²) in [6.07, 6.45) is 1.90. The lowest BCUT2D eigenvalue weighted by Crippen LogP contribution is -2.22. The van der Waals surface area contributed by atoms with E-state index in [1.807, 2.05) is 36.8 Å². The quantitative estimate of drug-likeness (QED) is 0.802. The minimum atomic E-state index is 0.0753. The van der Waals surface area contributed by atoms with Crippen LogP contribution in [0.1, 0.15) is 29.1 Å². The molecule has 5 heteroatoms. The Hall–Kier alpha value is -1.98. The van der Waals surface area contributed by atoms with Crippen LogP contribution in [0.4, 0.5) is 0 Å². The van der Waals surface area contributed by atoms with Gasteiger partial charge in [0, 0.05) is 46.3 Å². The van der Waals surface area contributed by atoms with E-state index < -0.39 is 0 Å². The molecule has 0 bridgehead atoms. The Balaban J connectivity index is 1.88. The molecule has 0 aliphatic rings. The van der Waals surface area contributed by atoms with E-state index >= 15 is 0 Å². The third-order valence-electron chi connectivity index (χ3n) is 3.99. The van der Waals surface area contributed by atoms with E-state index in [4.69, 9.17) is 0 Å². The molecule has 1 atom stereocenters. The van der Waals surface area contributed by atoms with Crippen LogP contribution in [0, 0.1) is 6.92 Å². The summed E-state index contributed by atoms with van der Waals surface area (Å²) >= 11 is 1.65. The maximum absolute atomic E-state index is 12.3. The van der Waals surface area contributed by atoms with E-state index in [2.05, 4.69) is 28.8 Å². The lowest BCUT2D eigenvalue weighted by Gasteiger charge is -2.23. The van der Waals surface area contributed by atoms with Crippen LogP contribution in [-0.2, 0) is 6.54 Å². The highest BCUT2D eigenvalue weighted by atomic mass is 32.1. The number of hydrogen-bond acceptors (Lipinski definition) is 4. The number of fused-ring (bicyclic) bond motifs is 1. The highest BCUT2D eigenvalue weighted by Gasteiger charge is 2.14. The summed E-state index contributed by atoms with van der Waals surface area (Å²) in [5.74, 6) is 0. The lowest BCUT2D eigenvalue weighted by molar-refractivity contribution is 0.253. The molecule has 0 aliphatic heterocycles. The van der Waals surface area contributed by atoms with Crippen molar-refractivity contribution in [3.05, 3.63) is 62.3 Å². The van der Waals surface area contributed by atoms with Gasteiger partial charge in [0.05, 0.1) is 5.51 Å². The molecule has 4 nitrogen and oxygen atoms in total. The third-order valence-corrected chi connectivity index (χ3v) is 4.93. The van der Waals surface area contributed by atoms with Crippen molar-refractivity contribution in [3.8, 4) is 0 Å². The van der Waals surface area contributed by atoms with Gasteiger partial charge >= 0.3 is 0 Å². The van der Waals surface area contributed by atoms with Gasteiger partial charge in [0.1, 0.15) is 0 Å². The van der Waals surface area contributed by atoms with Gasteiger partial charge in [0.25, 0.3) is 0 Å². The summed E-state index contributed by atoms with van der Waals surface area (Å²) in [6.45, 7) is 4.84. The van der Waals surface area contributed by atoms with E-state index in [0.717, 1.165) is 22.2 Å². The average Bonchev–Trinajstić information content (AvgIpc) is 3.01. The van der Waals surface area contributed by atoms with Crippen molar-refractivity contribution in [1.82, 2.24) is 14.9 Å². The number of hydrogen-bond donors (Lipinski definition) is 1. The Kier molecular flexibility index (Phi) is 4.09. The van der Waals surface area contributed by atoms with Crippen molar-refractivity contribution in [1.29, 1.82) is 0 Å². The second-order valence-electron chi connectivity index (χ2n) is 5.70. The Morgan fingerprint density at radius 3 is 2.91 bits per heavy atom. The molecule has 2 aromatic heterocycles. The first kappa shape index (κ1) is 14.9. The first-order valence-electron chi connectivity index (χ1n) is 7.26. The predicted octanol–water partition coefficient (Wildman–Crippen LogP) is 3.49. The molecule has 1 aromatic carbocycles. The minimum Gasteiger partial charge on any atom is -0.357 e. The summed E-state index contributed by atoms with van der Waals surface area (Å²) < 4.78 is 0. The number of aromatic nitrogens is 2. The Morgan fingerprint density at radius 2 is 2.18 bits per heavy atom. The second-order valence-corrected chi connectivity index (χ2v) is 6.62. The number of nitrogens with zero attached hydrogens (tertiary/aromatic N) is 2. The Bertz CT molecular complexity index is 839. The van der Waals surface area contributed by atoms with Gasteiger partial charge in [-0.2, -0.15) is 0 Å². The highest BCUT2D eigenvalue weighted by Crippen LogP contribution is 2.23. The molecule has 2 heterocycles. The fraction of sp³-hybridized carbons (Fsp3) is 0.294. The first-order valence-corrected chi connectivity index (χ1v) is 8.14. The van der Waals surface area contributed by atoms with Crippen LogP contribution in [0.5, 0.6) is 0 Å². The van der Waals surface area contributed by atoms with Crippen LogP contribution in [0.15, 0.2) is 40.8 Å². The van der Waals surface area contributed by atoms with Crippen LogP contribution < -0.4 is 5.43 Å². The van der Waals surface area contributed by atoms with Gasteiger partial charge in [0.2, 0.25) is 0 Å². The Labute approximate surface area is 133 Å². The Morgan fingerprint density at radius 1 is 1.36 bits per heavy atom. The number of aromatic amines is 1. The van der Waals surface area contributed by atoms with Gasteiger partial charge in [0.15, 0.2) is 5.43 Å². The fourth-order valence-electron chi connectivity index (χ4n) is 2.56. The standard InChI is InChI=1S/C17H19N3OS/c1-11-4-5-15-14(6-11)16(21)7-13(19-15)9-20(3)12(2)17-8-18-10-22-17/h4-8,10,12H,9H2,1-3H3,(H,19,21). The number of rotatable bonds is 4. The van der Waals surface area contributed by atoms with Crippen molar-refractivity contribution in [3.63, 3.8) is 0 Å². The molecule has 0 saturated heterocycles. The van der Waals surface area contributed by atoms with Crippen molar-refractivity contribution in [2.24, 2.45) is 0 Å². The van der Waals surface area contributed by atoms with Crippen molar-refractivity contribution >= 4 is 22.2 Å². The number of H-pyrrole nitrogens is 1. The zero-order chi connectivity index (χ0) is 15.7. The number of aryl methyl sites for hydroxylation is 1. The van der Waals surface area contributed by atoms with E-state index in [1.54, 1.807) is 17.4 Å². The summed E-state index contributed by atoms with van der Waals surface area (Å²) in [4.78, 5) is 23.2. The number of benzene rings is 1. The summed E-state index contributed by atoms with van der Waals surface area (Å²) in [5.41, 5.74) is 4.85. The van der Waals surface area contributed by atoms with Crippen LogP contribution >= 0.6 is 11.3 Å². The second kappa shape index (κ2) is 6.02. The molecular formula is C17H19N3OS. The maximum Gasteiger partial charge on any atom is 0.189 e. The molecule has 1 N–H and O–H groups in total. The van der Waals surface area contributed by atoms with Gasteiger partial charge in [-0.1, -0.05) is 11.6 Å². The zero-order valence-corrected chi connectivity index (χ0v) is 13.8. The van der Waals surface area contributed by atoms with Crippen LogP contribution in [0.2, 0.25) is 0 Å². The smallest absolute Gasteiger partial charge is 0.189 e. The summed E-state index contributed by atoms with van der Waals surface area (Å²) in [5, 5.41) is 0.752.